The predicted octanol–water partition coefficient (Wildman–Crippen LogP) is 1.96. The molecule has 0 saturated carbocycles. The molecule has 0 spiro atoms. The van der Waals surface area contributed by atoms with Crippen molar-refractivity contribution < 1.29 is 19.0 Å². The highest BCUT2D eigenvalue weighted by Gasteiger charge is 2.23. The van der Waals surface area contributed by atoms with Crippen molar-refractivity contribution in [1.29, 1.82) is 0 Å². The Morgan fingerprint density at radius 2 is 1.55 bits per heavy atom. The van der Waals surface area contributed by atoms with E-state index in [1.807, 2.05) is 13.8 Å². The maximum Gasteiger partial charge on any atom is 0.255 e. The molecule has 0 heterocycles. The zero-order chi connectivity index (χ0) is 16.8. The van der Waals surface area contributed by atoms with E-state index in [0.717, 1.165) is 12.8 Å². The maximum atomic E-state index is 12.4. The van der Waals surface area contributed by atoms with Gasteiger partial charge in [-0.1, -0.05) is 13.8 Å². The van der Waals surface area contributed by atoms with Crippen LogP contribution in [0.4, 0.5) is 0 Å². The Hall–Kier alpha value is -1.95. The predicted molar refractivity (Wildman–Crippen MR) is 85.9 cm³/mol. The molecule has 0 aromatic heterocycles. The smallest absolute Gasteiger partial charge is 0.255 e. The fourth-order valence-electron chi connectivity index (χ4n) is 2.06. The number of nitrogens with one attached hydrogen (secondary N) is 1. The first-order chi connectivity index (χ1) is 10.4. The molecule has 1 rings (SSSR count). The minimum Gasteiger partial charge on any atom is -0.496 e. The van der Waals surface area contributed by atoms with E-state index in [0.29, 0.717) is 29.4 Å². The number of rotatable bonds is 8. The highest BCUT2D eigenvalue weighted by Crippen LogP contribution is 2.34. The average molecular weight is 310 g/mol. The summed E-state index contributed by atoms with van der Waals surface area (Å²) in [5.74, 6) is 1.14. The molecular formula is C16H26N2O4. The van der Waals surface area contributed by atoms with Crippen molar-refractivity contribution in [2.45, 2.75) is 32.2 Å². The molecule has 1 amide bonds. The number of carbonyl (C=O) groups excluding carboxylic acids is 1. The van der Waals surface area contributed by atoms with Gasteiger partial charge in [-0.25, -0.2) is 0 Å². The summed E-state index contributed by atoms with van der Waals surface area (Å²) in [4.78, 5) is 12.4. The van der Waals surface area contributed by atoms with Gasteiger partial charge in [0.2, 0.25) is 0 Å². The van der Waals surface area contributed by atoms with Gasteiger partial charge in [-0.2, -0.15) is 0 Å². The lowest BCUT2D eigenvalue weighted by Crippen LogP contribution is -2.49. The second kappa shape index (κ2) is 7.89. The molecule has 0 radical (unpaired) electrons. The Morgan fingerprint density at radius 1 is 1.05 bits per heavy atom. The van der Waals surface area contributed by atoms with Crippen molar-refractivity contribution in [2.75, 3.05) is 27.9 Å². The van der Waals surface area contributed by atoms with Crippen molar-refractivity contribution in [3.8, 4) is 17.2 Å². The average Bonchev–Trinajstić information content (AvgIpc) is 2.57. The third kappa shape index (κ3) is 4.04. The van der Waals surface area contributed by atoms with Gasteiger partial charge < -0.3 is 25.3 Å². The summed E-state index contributed by atoms with van der Waals surface area (Å²) in [5.41, 5.74) is 6.19. The van der Waals surface area contributed by atoms with Crippen molar-refractivity contribution in [3.63, 3.8) is 0 Å². The molecule has 1 aromatic carbocycles. The third-order valence-corrected chi connectivity index (χ3v) is 3.96. The molecule has 0 bridgehead atoms. The number of benzene rings is 1. The summed E-state index contributed by atoms with van der Waals surface area (Å²) in [5, 5.41) is 2.86. The zero-order valence-corrected chi connectivity index (χ0v) is 14.0. The van der Waals surface area contributed by atoms with Crippen molar-refractivity contribution in [3.05, 3.63) is 17.7 Å². The van der Waals surface area contributed by atoms with Crippen LogP contribution < -0.4 is 25.3 Å². The largest absolute Gasteiger partial charge is 0.496 e. The van der Waals surface area contributed by atoms with E-state index in [1.165, 1.54) is 21.3 Å². The van der Waals surface area contributed by atoms with Crippen LogP contribution in [-0.2, 0) is 0 Å². The molecule has 0 saturated heterocycles. The fourth-order valence-corrected chi connectivity index (χ4v) is 2.06. The van der Waals surface area contributed by atoms with Crippen LogP contribution in [0.25, 0.3) is 0 Å². The Labute approximate surface area is 131 Å². The Kier molecular flexibility index (Phi) is 6.49. The Bertz CT molecular complexity index is 513. The number of hydrogen-bond acceptors (Lipinski definition) is 5. The van der Waals surface area contributed by atoms with E-state index in [-0.39, 0.29) is 5.91 Å². The van der Waals surface area contributed by atoms with Crippen LogP contribution >= 0.6 is 0 Å². The van der Waals surface area contributed by atoms with Crippen molar-refractivity contribution in [2.24, 2.45) is 5.73 Å². The van der Waals surface area contributed by atoms with Crippen molar-refractivity contribution in [1.82, 2.24) is 5.32 Å². The van der Waals surface area contributed by atoms with Gasteiger partial charge in [-0.3, -0.25) is 4.79 Å². The van der Waals surface area contributed by atoms with Gasteiger partial charge in [0.05, 0.1) is 26.9 Å². The molecule has 0 fully saturated rings. The summed E-state index contributed by atoms with van der Waals surface area (Å²) in [6.45, 7) is 4.41. The number of hydrogen-bond donors (Lipinski definition) is 2. The summed E-state index contributed by atoms with van der Waals surface area (Å²) in [6, 6.07) is 3.23. The van der Waals surface area contributed by atoms with Crippen molar-refractivity contribution >= 4 is 5.91 Å². The topological polar surface area (TPSA) is 82.8 Å². The van der Waals surface area contributed by atoms with Gasteiger partial charge in [0.15, 0.2) is 11.5 Å². The van der Waals surface area contributed by atoms with Gasteiger partial charge in [0.25, 0.3) is 5.91 Å². The zero-order valence-electron chi connectivity index (χ0n) is 14.0. The number of nitrogens with two attached hydrogens (primary N) is 1. The molecule has 0 aliphatic heterocycles. The number of amides is 1. The molecule has 22 heavy (non-hydrogen) atoms. The Balaban J connectivity index is 3.02. The monoisotopic (exact) mass is 310 g/mol. The van der Waals surface area contributed by atoms with E-state index in [2.05, 4.69) is 5.32 Å². The number of carbonyl (C=O) groups is 1. The molecule has 124 valence electrons. The molecule has 0 aliphatic carbocycles. The van der Waals surface area contributed by atoms with Gasteiger partial charge in [-0.05, 0) is 12.8 Å². The molecule has 6 nitrogen and oxygen atoms in total. The summed E-state index contributed by atoms with van der Waals surface area (Å²) < 4.78 is 15.7. The van der Waals surface area contributed by atoms with E-state index < -0.39 is 5.54 Å². The molecular weight excluding hydrogens is 284 g/mol. The lowest BCUT2D eigenvalue weighted by Gasteiger charge is -2.27. The fraction of sp³-hybridized carbons (Fsp3) is 0.562. The van der Waals surface area contributed by atoms with Crippen LogP contribution in [-0.4, -0.2) is 39.3 Å². The minimum atomic E-state index is -0.403. The van der Waals surface area contributed by atoms with Crippen LogP contribution in [0.2, 0.25) is 0 Å². The van der Waals surface area contributed by atoms with E-state index in [4.69, 9.17) is 19.9 Å². The molecule has 3 N–H and O–H groups in total. The van der Waals surface area contributed by atoms with Crippen LogP contribution in [0.3, 0.4) is 0 Å². The van der Waals surface area contributed by atoms with E-state index in [9.17, 15) is 4.79 Å². The molecule has 0 unspecified atom stereocenters. The highest BCUT2D eigenvalue weighted by atomic mass is 16.5. The van der Waals surface area contributed by atoms with Crippen LogP contribution in [0, 0.1) is 0 Å². The lowest BCUT2D eigenvalue weighted by molar-refractivity contribution is 0.0938. The van der Waals surface area contributed by atoms with Crippen LogP contribution in [0.1, 0.15) is 37.0 Å². The SMILES string of the molecule is CCC(N)(CC)CNC(=O)c1cc(OC)c(OC)cc1OC. The standard InChI is InChI=1S/C16H26N2O4/c1-6-16(17,7-2)10-18-15(19)11-8-13(21-4)14(22-5)9-12(11)20-3/h8-9H,6-7,10,17H2,1-5H3,(H,18,19). The number of ether oxygens (including phenoxy) is 3. The molecule has 0 aliphatic rings. The van der Waals surface area contributed by atoms with Gasteiger partial charge in [0.1, 0.15) is 5.75 Å². The normalized spacial score (nSPS) is 11.0. The summed E-state index contributed by atoms with van der Waals surface area (Å²) >= 11 is 0. The van der Waals surface area contributed by atoms with Gasteiger partial charge in [0, 0.05) is 24.2 Å². The molecule has 0 atom stereocenters. The second-order valence-electron chi connectivity index (χ2n) is 5.16. The first kappa shape index (κ1) is 18.1. The lowest BCUT2D eigenvalue weighted by atomic mass is 9.94. The minimum absolute atomic E-state index is 0.255. The summed E-state index contributed by atoms with van der Waals surface area (Å²) in [6.07, 6.45) is 1.57. The van der Waals surface area contributed by atoms with Gasteiger partial charge in [-0.15, -0.1) is 0 Å². The first-order valence-electron chi connectivity index (χ1n) is 7.31. The van der Waals surface area contributed by atoms with Crippen LogP contribution in [0.5, 0.6) is 17.2 Å². The van der Waals surface area contributed by atoms with Gasteiger partial charge >= 0.3 is 0 Å². The molecule has 6 heteroatoms. The van der Waals surface area contributed by atoms with E-state index >= 15 is 0 Å². The quantitative estimate of drug-likeness (QED) is 0.767. The van der Waals surface area contributed by atoms with E-state index in [1.54, 1.807) is 12.1 Å². The molecule has 1 aromatic rings. The third-order valence-electron chi connectivity index (χ3n) is 3.96. The highest BCUT2D eigenvalue weighted by molar-refractivity contribution is 5.97. The maximum absolute atomic E-state index is 12.4. The van der Waals surface area contributed by atoms with Crippen LogP contribution in [0.15, 0.2) is 12.1 Å². The summed E-state index contributed by atoms with van der Waals surface area (Å²) in [7, 11) is 4.55. The first-order valence-corrected chi connectivity index (χ1v) is 7.31. The number of methoxy groups -OCH3 is 3. The second-order valence-corrected chi connectivity index (χ2v) is 5.16. The Morgan fingerprint density at radius 3 is 2.00 bits per heavy atom.